The van der Waals surface area contributed by atoms with Crippen LogP contribution in [0.1, 0.15) is 39.2 Å². The number of allylic oxidation sites excluding steroid dienone is 1. The number of benzene rings is 1. The van der Waals surface area contributed by atoms with E-state index >= 15 is 0 Å². The lowest BCUT2D eigenvalue weighted by molar-refractivity contribution is -0.925. The van der Waals surface area contributed by atoms with Crippen molar-refractivity contribution in [2.24, 2.45) is 0 Å². The molecule has 0 aliphatic rings. The number of halogens is 1. The molecule has 0 bridgehead atoms. The van der Waals surface area contributed by atoms with Gasteiger partial charge in [0.15, 0.2) is 5.78 Å². The smallest absolute Gasteiger partial charge is 0.158 e. The van der Waals surface area contributed by atoms with Crippen molar-refractivity contribution in [3.05, 3.63) is 42.0 Å². The maximum Gasteiger partial charge on any atom is 0.158 e. The van der Waals surface area contributed by atoms with E-state index in [-0.39, 0.29) is 29.8 Å². The fraction of sp³-hybridized carbons (Fsp3) is 0.550. The van der Waals surface area contributed by atoms with Crippen LogP contribution in [-0.4, -0.2) is 43.1 Å². The van der Waals surface area contributed by atoms with Gasteiger partial charge in [0.25, 0.3) is 0 Å². The predicted molar refractivity (Wildman–Crippen MR) is 96.8 cm³/mol. The van der Waals surface area contributed by atoms with Gasteiger partial charge in [-0.3, -0.25) is 4.79 Å². The Morgan fingerprint density at radius 2 is 1.88 bits per heavy atom. The summed E-state index contributed by atoms with van der Waals surface area (Å²) in [5.74, 6) is 1.12. The summed E-state index contributed by atoms with van der Waals surface area (Å²) >= 11 is 0. The Bertz CT molecular complexity index is 524. The number of ether oxygens (including phenoxy) is 1. The number of carbonyl (C=O) groups excluding carboxylic acids is 1. The van der Waals surface area contributed by atoms with Gasteiger partial charge >= 0.3 is 0 Å². The fourth-order valence-corrected chi connectivity index (χ4v) is 2.82. The molecule has 1 rings (SSSR count). The van der Waals surface area contributed by atoms with Crippen molar-refractivity contribution in [2.45, 2.75) is 40.5 Å². The minimum atomic E-state index is 0. The molecule has 0 saturated carbocycles. The molecule has 136 valence electrons. The summed E-state index contributed by atoms with van der Waals surface area (Å²) in [6.07, 6.45) is 1.52. The third-order valence-corrected chi connectivity index (χ3v) is 4.68. The summed E-state index contributed by atoms with van der Waals surface area (Å²) in [4.78, 5) is 11.7. The summed E-state index contributed by atoms with van der Waals surface area (Å²) < 4.78 is 6.91. The molecule has 0 amide bonds. The second-order valence-electron chi connectivity index (χ2n) is 6.39. The van der Waals surface area contributed by atoms with Crippen molar-refractivity contribution in [2.75, 3.05) is 32.8 Å². The van der Waals surface area contributed by atoms with Crippen LogP contribution in [0, 0.1) is 6.92 Å². The number of Topliss-reactive ketones (excluding diaryl/α,β-unsaturated/α-hetero) is 1. The van der Waals surface area contributed by atoms with E-state index in [1.165, 1.54) is 5.56 Å². The summed E-state index contributed by atoms with van der Waals surface area (Å²) in [5.41, 5.74) is 1.88. The molecule has 1 aromatic rings. The average Bonchev–Trinajstić information content (AvgIpc) is 2.53. The van der Waals surface area contributed by atoms with Crippen LogP contribution < -0.4 is 28.7 Å². The number of hydrogen-bond acceptors (Lipinski definition) is 2. The van der Waals surface area contributed by atoms with E-state index in [0.29, 0.717) is 18.6 Å². The highest BCUT2D eigenvalue weighted by molar-refractivity contribution is 5.93. The zero-order chi connectivity index (χ0) is 17.3. The van der Waals surface area contributed by atoms with Crippen LogP contribution in [0.4, 0.5) is 0 Å². The zero-order valence-electron chi connectivity index (χ0n) is 15.6. The van der Waals surface area contributed by atoms with E-state index in [9.17, 15) is 4.79 Å². The van der Waals surface area contributed by atoms with Gasteiger partial charge in [-0.25, -0.2) is 0 Å². The maximum absolute atomic E-state index is 11.7. The summed E-state index contributed by atoms with van der Waals surface area (Å²) in [6, 6.07) is 8.17. The maximum atomic E-state index is 11.7. The van der Waals surface area contributed by atoms with Gasteiger partial charge in [0.1, 0.15) is 18.9 Å². The molecule has 0 atom stereocenters. The van der Waals surface area contributed by atoms with Gasteiger partial charge in [0, 0.05) is 12.8 Å². The van der Waals surface area contributed by atoms with E-state index in [0.717, 1.165) is 42.8 Å². The highest BCUT2D eigenvalue weighted by Gasteiger charge is 2.23. The summed E-state index contributed by atoms with van der Waals surface area (Å²) in [7, 11) is 0. The lowest BCUT2D eigenvalue weighted by Crippen LogP contribution is -3.00. The van der Waals surface area contributed by atoms with Crippen LogP contribution in [0.25, 0.3) is 0 Å². The van der Waals surface area contributed by atoms with Gasteiger partial charge in [-0.2, -0.15) is 0 Å². The number of carbonyl (C=O) groups is 1. The minimum absolute atomic E-state index is 0. The van der Waals surface area contributed by atoms with Gasteiger partial charge in [-0.1, -0.05) is 18.7 Å². The van der Waals surface area contributed by atoms with Crippen molar-refractivity contribution < 1.29 is 38.0 Å². The van der Waals surface area contributed by atoms with Gasteiger partial charge in [0.05, 0.1) is 19.6 Å². The molecule has 0 aliphatic carbocycles. The van der Waals surface area contributed by atoms with Gasteiger partial charge in [-0.15, -0.1) is 0 Å². The van der Waals surface area contributed by atoms with E-state index in [4.69, 9.17) is 4.74 Å². The van der Waals surface area contributed by atoms with Gasteiger partial charge in [-0.05, 0) is 51.0 Å². The molecule has 0 heterocycles. The predicted octanol–water partition coefficient (Wildman–Crippen LogP) is 1.16. The number of quaternary nitrogens is 1. The van der Waals surface area contributed by atoms with Crippen molar-refractivity contribution in [1.29, 1.82) is 0 Å². The Kier molecular flexibility index (Phi) is 11.2. The first-order valence-corrected chi connectivity index (χ1v) is 8.65. The van der Waals surface area contributed by atoms with Crippen molar-refractivity contribution >= 4 is 5.78 Å². The van der Waals surface area contributed by atoms with Crippen LogP contribution >= 0.6 is 0 Å². The first kappa shape index (κ1) is 23.1. The normalized spacial score (nSPS) is 10.8. The molecular formula is C20H32INO2. The quantitative estimate of drug-likeness (QED) is 0.290. The highest BCUT2D eigenvalue weighted by atomic mass is 127. The standard InChI is InChI=1S/C20H32NO2.HI/c1-6-21(7-2,13-9-12-20(22)17(3)4)14-15-23-19-11-8-10-18(5)16-19;/h8,10-11,16H,3,6-7,9,12-15H2,1-2,4-5H3;1H/q+1;/p-1. The summed E-state index contributed by atoms with van der Waals surface area (Å²) in [6.45, 7) is 16.9. The SMILES string of the molecule is C=C(C)C(=O)CCC[N+](CC)(CC)CCOc1cccc(C)c1.[I-]. The first-order chi connectivity index (χ1) is 10.9. The number of ketones is 1. The molecule has 3 nitrogen and oxygen atoms in total. The average molecular weight is 445 g/mol. The third-order valence-electron chi connectivity index (χ3n) is 4.68. The van der Waals surface area contributed by atoms with Gasteiger partial charge < -0.3 is 33.2 Å². The van der Waals surface area contributed by atoms with Crippen LogP contribution in [0.3, 0.4) is 0 Å². The largest absolute Gasteiger partial charge is 1.00 e. The molecule has 24 heavy (non-hydrogen) atoms. The highest BCUT2D eigenvalue weighted by Crippen LogP contribution is 2.14. The van der Waals surface area contributed by atoms with Gasteiger partial charge in [0.2, 0.25) is 0 Å². The molecular weight excluding hydrogens is 413 g/mol. The molecule has 0 fully saturated rings. The van der Waals surface area contributed by atoms with Crippen molar-refractivity contribution in [3.8, 4) is 5.75 Å². The van der Waals surface area contributed by atoms with E-state index in [1.54, 1.807) is 6.92 Å². The number of rotatable bonds is 11. The minimum Gasteiger partial charge on any atom is -1.00 e. The Morgan fingerprint density at radius 3 is 2.42 bits per heavy atom. The molecule has 0 aromatic heterocycles. The molecule has 0 N–H and O–H groups in total. The number of aryl methyl sites for hydroxylation is 1. The molecule has 1 aromatic carbocycles. The molecule has 4 heteroatoms. The van der Waals surface area contributed by atoms with Crippen LogP contribution in [-0.2, 0) is 4.79 Å². The second-order valence-corrected chi connectivity index (χ2v) is 6.39. The molecule has 0 saturated heterocycles. The Labute approximate surface area is 164 Å². The van der Waals surface area contributed by atoms with E-state index < -0.39 is 0 Å². The first-order valence-electron chi connectivity index (χ1n) is 8.65. The van der Waals surface area contributed by atoms with Crippen LogP contribution in [0.15, 0.2) is 36.4 Å². The third kappa shape index (κ3) is 7.79. The van der Waals surface area contributed by atoms with E-state index in [1.807, 2.05) is 12.1 Å². The topological polar surface area (TPSA) is 26.3 Å². The number of hydrogen-bond donors (Lipinski definition) is 0. The fourth-order valence-electron chi connectivity index (χ4n) is 2.82. The summed E-state index contributed by atoms with van der Waals surface area (Å²) in [5, 5.41) is 0. The van der Waals surface area contributed by atoms with Crippen LogP contribution in [0.2, 0.25) is 0 Å². The second kappa shape index (κ2) is 11.6. The number of likely N-dealkylation sites (N-methyl/N-ethyl adjacent to an activating group) is 1. The van der Waals surface area contributed by atoms with Crippen molar-refractivity contribution in [1.82, 2.24) is 0 Å². The molecule has 0 aliphatic heterocycles. The Hall–Kier alpha value is -0.880. The molecule has 0 spiro atoms. The lowest BCUT2D eigenvalue weighted by Gasteiger charge is -2.36. The molecule has 0 radical (unpaired) electrons. The zero-order valence-corrected chi connectivity index (χ0v) is 17.8. The van der Waals surface area contributed by atoms with Crippen molar-refractivity contribution in [3.63, 3.8) is 0 Å². The monoisotopic (exact) mass is 445 g/mol. The van der Waals surface area contributed by atoms with Crippen LogP contribution in [0.5, 0.6) is 5.75 Å². The Balaban J connectivity index is 0.00000529. The number of nitrogens with zero attached hydrogens (tertiary/aromatic N) is 1. The Morgan fingerprint density at radius 1 is 1.21 bits per heavy atom. The lowest BCUT2D eigenvalue weighted by atomic mass is 10.1. The molecule has 0 unspecified atom stereocenters. The van der Waals surface area contributed by atoms with E-state index in [2.05, 4.69) is 39.5 Å².